The maximum absolute atomic E-state index is 13.2. The third kappa shape index (κ3) is 3.61. The van der Waals surface area contributed by atoms with Gasteiger partial charge in [0.2, 0.25) is 0 Å². The van der Waals surface area contributed by atoms with Crippen molar-refractivity contribution < 1.29 is 4.39 Å². The molecule has 0 saturated carbocycles. The third-order valence-electron chi connectivity index (χ3n) is 2.50. The SMILES string of the molecule is NCC(Nc1cc(F)ccc1Cl)c1cc(Br)c(Cl)s1. The standard InChI is InChI=1S/C12H10BrCl2FN2S/c13-7-4-11(19-12(7)15)10(5-17)18-9-3-6(16)1-2-8(9)14/h1-4,10,18H,5,17H2. The topological polar surface area (TPSA) is 38.0 Å². The van der Waals surface area contributed by atoms with Gasteiger partial charge < -0.3 is 11.1 Å². The average molecular weight is 384 g/mol. The van der Waals surface area contributed by atoms with Crippen molar-refractivity contribution in [3.63, 3.8) is 0 Å². The van der Waals surface area contributed by atoms with Crippen LogP contribution in [-0.2, 0) is 0 Å². The number of hydrogen-bond acceptors (Lipinski definition) is 3. The molecule has 1 atom stereocenters. The molecule has 0 spiro atoms. The third-order valence-corrected chi connectivity index (χ3v) is 5.42. The van der Waals surface area contributed by atoms with Crippen LogP contribution in [0, 0.1) is 5.82 Å². The Morgan fingerprint density at radius 2 is 2.11 bits per heavy atom. The van der Waals surface area contributed by atoms with Gasteiger partial charge in [-0.25, -0.2) is 4.39 Å². The summed E-state index contributed by atoms with van der Waals surface area (Å²) in [5.74, 6) is -0.354. The summed E-state index contributed by atoms with van der Waals surface area (Å²) in [4.78, 5) is 0.958. The van der Waals surface area contributed by atoms with Gasteiger partial charge in [0.25, 0.3) is 0 Å². The fourth-order valence-corrected chi connectivity index (χ4v) is 3.55. The number of halogens is 4. The van der Waals surface area contributed by atoms with Gasteiger partial charge in [0, 0.05) is 15.9 Å². The van der Waals surface area contributed by atoms with E-state index < -0.39 is 0 Å². The Hall–Kier alpha value is -0.330. The second-order valence-corrected chi connectivity index (χ2v) is 6.77. The van der Waals surface area contributed by atoms with Crippen molar-refractivity contribution in [2.45, 2.75) is 6.04 Å². The largest absolute Gasteiger partial charge is 0.375 e. The molecule has 0 aliphatic carbocycles. The van der Waals surface area contributed by atoms with Crippen LogP contribution in [-0.4, -0.2) is 6.54 Å². The lowest BCUT2D eigenvalue weighted by Crippen LogP contribution is -2.19. The van der Waals surface area contributed by atoms with Crippen molar-refractivity contribution in [2.75, 3.05) is 11.9 Å². The first-order valence-electron chi connectivity index (χ1n) is 5.37. The first-order valence-corrected chi connectivity index (χ1v) is 7.74. The lowest BCUT2D eigenvalue weighted by molar-refractivity contribution is 0.627. The maximum Gasteiger partial charge on any atom is 0.125 e. The van der Waals surface area contributed by atoms with E-state index >= 15 is 0 Å². The molecule has 0 amide bonds. The van der Waals surface area contributed by atoms with Crippen molar-refractivity contribution >= 4 is 56.2 Å². The molecular weight excluding hydrogens is 374 g/mol. The zero-order chi connectivity index (χ0) is 14.0. The molecule has 102 valence electrons. The highest BCUT2D eigenvalue weighted by atomic mass is 79.9. The van der Waals surface area contributed by atoms with Gasteiger partial charge in [-0.05, 0) is 40.2 Å². The van der Waals surface area contributed by atoms with Crippen LogP contribution in [0.4, 0.5) is 10.1 Å². The van der Waals surface area contributed by atoms with Gasteiger partial charge in [0.15, 0.2) is 0 Å². The van der Waals surface area contributed by atoms with Crippen molar-refractivity contribution in [3.8, 4) is 0 Å². The van der Waals surface area contributed by atoms with Gasteiger partial charge in [-0.3, -0.25) is 0 Å². The number of anilines is 1. The molecule has 1 aromatic heterocycles. The molecular formula is C12H10BrCl2FN2S. The Bertz CT molecular complexity index is 572. The minimum Gasteiger partial charge on any atom is -0.375 e. The van der Waals surface area contributed by atoms with Gasteiger partial charge in [-0.1, -0.05) is 23.2 Å². The van der Waals surface area contributed by atoms with E-state index in [-0.39, 0.29) is 11.9 Å². The van der Waals surface area contributed by atoms with Crippen molar-refractivity contribution in [1.82, 2.24) is 0 Å². The van der Waals surface area contributed by atoms with E-state index in [2.05, 4.69) is 21.2 Å². The Morgan fingerprint density at radius 1 is 1.37 bits per heavy atom. The van der Waals surface area contributed by atoms with Crippen molar-refractivity contribution in [3.05, 3.63) is 48.8 Å². The minimum absolute atomic E-state index is 0.173. The molecule has 2 nitrogen and oxygen atoms in total. The summed E-state index contributed by atoms with van der Waals surface area (Å²) in [6.07, 6.45) is 0. The Balaban J connectivity index is 2.26. The first kappa shape index (κ1) is 15.1. The van der Waals surface area contributed by atoms with Gasteiger partial charge in [0.1, 0.15) is 10.2 Å². The molecule has 0 bridgehead atoms. The number of nitrogens with two attached hydrogens (primary N) is 1. The molecule has 19 heavy (non-hydrogen) atoms. The molecule has 0 radical (unpaired) electrons. The Labute approximate surface area is 132 Å². The van der Waals surface area contributed by atoms with Gasteiger partial charge >= 0.3 is 0 Å². The molecule has 7 heteroatoms. The van der Waals surface area contributed by atoms with Gasteiger partial charge in [0.05, 0.1) is 16.8 Å². The zero-order valence-electron chi connectivity index (χ0n) is 9.59. The summed E-state index contributed by atoms with van der Waals surface area (Å²) in [6, 6.07) is 5.88. The number of hydrogen-bond donors (Lipinski definition) is 2. The summed E-state index contributed by atoms with van der Waals surface area (Å²) in [6.45, 7) is 0.343. The summed E-state index contributed by atoms with van der Waals surface area (Å²) < 4.78 is 14.7. The second-order valence-electron chi connectivity index (χ2n) is 3.83. The molecule has 1 heterocycles. The van der Waals surface area contributed by atoms with Gasteiger partial charge in [-0.15, -0.1) is 11.3 Å². The molecule has 0 aliphatic heterocycles. The predicted octanol–water partition coefficient (Wildman–Crippen LogP) is 5.07. The number of rotatable bonds is 4. The van der Waals surface area contributed by atoms with E-state index in [0.29, 0.717) is 21.6 Å². The van der Waals surface area contributed by atoms with Crippen LogP contribution in [0.25, 0.3) is 0 Å². The van der Waals surface area contributed by atoms with E-state index in [1.807, 2.05) is 6.07 Å². The van der Waals surface area contributed by atoms with Crippen LogP contribution in [0.3, 0.4) is 0 Å². The highest BCUT2D eigenvalue weighted by Gasteiger charge is 2.16. The quantitative estimate of drug-likeness (QED) is 0.773. The fraction of sp³-hybridized carbons (Fsp3) is 0.167. The summed E-state index contributed by atoms with van der Waals surface area (Å²) in [7, 11) is 0. The number of nitrogens with one attached hydrogen (secondary N) is 1. The van der Waals surface area contributed by atoms with E-state index in [4.69, 9.17) is 28.9 Å². The molecule has 1 aromatic carbocycles. The lowest BCUT2D eigenvalue weighted by atomic mass is 10.2. The normalized spacial score (nSPS) is 12.5. The molecule has 0 fully saturated rings. The lowest BCUT2D eigenvalue weighted by Gasteiger charge is -2.17. The highest BCUT2D eigenvalue weighted by Crippen LogP contribution is 2.36. The molecule has 2 aromatic rings. The second kappa shape index (κ2) is 6.41. The smallest absolute Gasteiger partial charge is 0.125 e. The highest BCUT2D eigenvalue weighted by molar-refractivity contribution is 9.10. The Kier molecular flexibility index (Phi) is 5.09. The van der Waals surface area contributed by atoms with E-state index in [9.17, 15) is 4.39 Å². The molecule has 2 rings (SSSR count). The average Bonchev–Trinajstić information content (AvgIpc) is 2.70. The molecule has 1 unspecified atom stereocenters. The van der Waals surface area contributed by atoms with Crippen LogP contribution in [0.15, 0.2) is 28.7 Å². The maximum atomic E-state index is 13.2. The fourth-order valence-electron chi connectivity index (χ4n) is 1.58. The number of thiophene rings is 1. The van der Waals surface area contributed by atoms with E-state index in [1.54, 1.807) is 0 Å². The summed E-state index contributed by atoms with van der Waals surface area (Å²) in [5, 5.41) is 3.57. The van der Waals surface area contributed by atoms with Crippen molar-refractivity contribution in [1.29, 1.82) is 0 Å². The van der Waals surface area contributed by atoms with Crippen LogP contribution in [0.1, 0.15) is 10.9 Å². The van der Waals surface area contributed by atoms with Crippen LogP contribution in [0.2, 0.25) is 9.36 Å². The summed E-state index contributed by atoms with van der Waals surface area (Å²) >= 11 is 16.8. The van der Waals surface area contributed by atoms with Crippen LogP contribution in [0.5, 0.6) is 0 Å². The Morgan fingerprint density at radius 3 is 2.68 bits per heavy atom. The van der Waals surface area contributed by atoms with Gasteiger partial charge in [-0.2, -0.15) is 0 Å². The van der Waals surface area contributed by atoms with Crippen LogP contribution >= 0.6 is 50.5 Å². The molecule has 3 N–H and O–H groups in total. The monoisotopic (exact) mass is 382 g/mol. The molecule has 0 saturated heterocycles. The zero-order valence-corrected chi connectivity index (χ0v) is 13.5. The first-order chi connectivity index (χ1) is 9.01. The van der Waals surface area contributed by atoms with Crippen molar-refractivity contribution in [2.24, 2.45) is 5.73 Å². The van der Waals surface area contributed by atoms with Crippen LogP contribution < -0.4 is 11.1 Å². The molecule has 0 aliphatic rings. The number of benzene rings is 1. The minimum atomic E-state index is -0.354. The predicted molar refractivity (Wildman–Crippen MR) is 83.9 cm³/mol. The van der Waals surface area contributed by atoms with E-state index in [0.717, 1.165) is 9.35 Å². The van der Waals surface area contributed by atoms with E-state index in [1.165, 1.54) is 29.5 Å². The summed E-state index contributed by atoms with van der Waals surface area (Å²) in [5.41, 5.74) is 6.26.